The number of pyridine rings is 1. The molecule has 0 aliphatic carbocycles. The second-order valence-corrected chi connectivity index (χ2v) is 3.93. The molecule has 0 radical (unpaired) electrons. The van der Waals surface area contributed by atoms with Gasteiger partial charge in [0.1, 0.15) is 12.2 Å². The van der Waals surface area contributed by atoms with Crippen molar-refractivity contribution in [3.8, 4) is 0 Å². The first-order chi connectivity index (χ1) is 8.47. The number of carbonyl (C=O) groups excluding carboxylic acids is 1. The monoisotopic (exact) mass is 252 g/mol. The van der Waals surface area contributed by atoms with Crippen molar-refractivity contribution >= 4 is 11.9 Å². The first kappa shape index (κ1) is 14.0. The van der Waals surface area contributed by atoms with E-state index in [9.17, 15) is 14.4 Å². The first-order valence-corrected chi connectivity index (χ1v) is 5.64. The van der Waals surface area contributed by atoms with Gasteiger partial charge in [-0.1, -0.05) is 13.0 Å². The second kappa shape index (κ2) is 6.00. The van der Waals surface area contributed by atoms with E-state index in [0.29, 0.717) is 13.0 Å². The van der Waals surface area contributed by atoms with Crippen LogP contribution >= 0.6 is 0 Å². The standard InChI is InChI=1S/C12H16N2O4/c1-3-7-14(8-11(16)17)12(18)9-5-4-6-10(15)13(9)2/h4-6H,3,7-8H2,1-2H3,(H,16,17). The van der Waals surface area contributed by atoms with Gasteiger partial charge in [0.15, 0.2) is 0 Å². The van der Waals surface area contributed by atoms with Crippen LogP contribution in [0, 0.1) is 0 Å². The Balaban J connectivity index is 3.05. The van der Waals surface area contributed by atoms with Crippen molar-refractivity contribution in [2.75, 3.05) is 13.1 Å². The van der Waals surface area contributed by atoms with Crippen molar-refractivity contribution in [3.63, 3.8) is 0 Å². The lowest BCUT2D eigenvalue weighted by molar-refractivity contribution is -0.137. The van der Waals surface area contributed by atoms with Crippen LogP contribution < -0.4 is 5.56 Å². The van der Waals surface area contributed by atoms with E-state index in [4.69, 9.17) is 5.11 Å². The van der Waals surface area contributed by atoms with Crippen LogP contribution in [0.5, 0.6) is 0 Å². The van der Waals surface area contributed by atoms with Crippen LogP contribution in [0.15, 0.2) is 23.0 Å². The van der Waals surface area contributed by atoms with Crippen LogP contribution in [0.2, 0.25) is 0 Å². The van der Waals surface area contributed by atoms with E-state index in [1.807, 2.05) is 6.92 Å². The quantitative estimate of drug-likeness (QED) is 0.818. The third-order valence-electron chi connectivity index (χ3n) is 2.51. The molecule has 0 spiro atoms. The third-order valence-corrected chi connectivity index (χ3v) is 2.51. The lowest BCUT2D eigenvalue weighted by Crippen LogP contribution is -2.38. The summed E-state index contributed by atoms with van der Waals surface area (Å²) >= 11 is 0. The number of rotatable bonds is 5. The van der Waals surface area contributed by atoms with Crippen LogP contribution in [0.4, 0.5) is 0 Å². The molecule has 6 heteroatoms. The molecule has 1 N–H and O–H groups in total. The summed E-state index contributed by atoms with van der Waals surface area (Å²) in [5.41, 5.74) is -0.107. The zero-order valence-corrected chi connectivity index (χ0v) is 10.4. The minimum atomic E-state index is -1.07. The summed E-state index contributed by atoms with van der Waals surface area (Å²) in [4.78, 5) is 35.5. The second-order valence-electron chi connectivity index (χ2n) is 3.93. The Morgan fingerprint density at radius 1 is 1.39 bits per heavy atom. The van der Waals surface area contributed by atoms with Crippen LogP contribution in [-0.4, -0.2) is 39.5 Å². The van der Waals surface area contributed by atoms with Crippen LogP contribution in [-0.2, 0) is 11.8 Å². The highest BCUT2D eigenvalue weighted by Gasteiger charge is 2.19. The zero-order valence-electron chi connectivity index (χ0n) is 10.4. The average Bonchev–Trinajstić information content (AvgIpc) is 2.31. The highest BCUT2D eigenvalue weighted by atomic mass is 16.4. The molecule has 6 nitrogen and oxygen atoms in total. The fraction of sp³-hybridized carbons (Fsp3) is 0.417. The Morgan fingerprint density at radius 2 is 2.06 bits per heavy atom. The van der Waals surface area contributed by atoms with Gasteiger partial charge in [-0.25, -0.2) is 0 Å². The van der Waals surface area contributed by atoms with Gasteiger partial charge in [-0.15, -0.1) is 0 Å². The lowest BCUT2D eigenvalue weighted by Gasteiger charge is -2.20. The van der Waals surface area contributed by atoms with Crippen LogP contribution in [0.1, 0.15) is 23.8 Å². The molecule has 0 bridgehead atoms. The van der Waals surface area contributed by atoms with E-state index in [-0.39, 0.29) is 17.8 Å². The lowest BCUT2D eigenvalue weighted by atomic mass is 10.3. The minimum absolute atomic E-state index is 0.192. The van der Waals surface area contributed by atoms with Crippen LogP contribution in [0.25, 0.3) is 0 Å². The van der Waals surface area contributed by atoms with Gasteiger partial charge in [-0.2, -0.15) is 0 Å². The van der Waals surface area contributed by atoms with Gasteiger partial charge in [0, 0.05) is 19.7 Å². The molecule has 98 valence electrons. The van der Waals surface area contributed by atoms with Crippen molar-refractivity contribution in [2.45, 2.75) is 13.3 Å². The third kappa shape index (κ3) is 3.19. The Bertz CT molecular complexity index is 507. The molecule has 0 aliphatic rings. The predicted octanol–water partition coefficient (Wildman–Crippen LogP) is 0.322. The van der Waals surface area contributed by atoms with Crippen molar-refractivity contribution in [1.82, 2.24) is 9.47 Å². The summed E-state index contributed by atoms with van der Waals surface area (Å²) < 4.78 is 1.22. The van der Waals surface area contributed by atoms with Crippen molar-refractivity contribution in [3.05, 3.63) is 34.2 Å². The highest BCUT2D eigenvalue weighted by Crippen LogP contribution is 2.03. The summed E-state index contributed by atoms with van der Waals surface area (Å²) in [6, 6.07) is 4.34. The van der Waals surface area contributed by atoms with Gasteiger partial charge in [0.2, 0.25) is 0 Å². The molecule has 18 heavy (non-hydrogen) atoms. The number of carboxylic acids is 1. The average molecular weight is 252 g/mol. The van der Waals surface area contributed by atoms with E-state index in [0.717, 1.165) is 0 Å². The number of hydrogen-bond acceptors (Lipinski definition) is 3. The molecule has 1 amide bonds. The highest BCUT2D eigenvalue weighted by molar-refractivity contribution is 5.94. The van der Waals surface area contributed by atoms with Crippen LogP contribution in [0.3, 0.4) is 0 Å². The zero-order chi connectivity index (χ0) is 13.7. The Kier molecular flexibility index (Phi) is 4.65. The summed E-state index contributed by atoms with van der Waals surface area (Å²) in [5.74, 6) is -1.52. The molecule has 0 unspecified atom stereocenters. The Hall–Kier alpha value is -2.11. The molecule has 1 rings (SSSR count). The fourth-order valence-electron chi connectivity index (χ4n) is 1.63. The van der Waals surface area contributed by atoms with E-state index >= 15 is 0 Å². The smallest absolute Gasteiger partial charge is 0.323 e. The number of amides is 1. The normalized spacial score (nSPS) is 10.1. The maximum atomic E-state index is 12.1. The van der Waals surface area contributed by atoms with Gasteiger partial charge < -0.3 is 14.6 Å². The molecule has 0 atom stereocenters. The summed E-state index contributed by atoms with van der Waals surface area (Å²) in [5, 5.41) is 8.77. The maximum Gasteiger partial charge on any atom is 0.323 e. The van der Waals surface area contributed by atoms with Crippen molar-refractivity contribution in [1.29, 1.82) is 0 Å². The van der Waals surface area contributed by atoms with Crippen molar-refractivity contribution in [2.24, 2.45) is 7.05 Å². The molecular formula is C12H16N2O4. The van der Waals surface area contributed by atoms with E-state index in [1.54, 1.807) is 0 Å². The topological polar surface area (TPSA) is 79.6 Å². The molecule has 1 aromatic heterocycles. The Morgan fingerprint density at radius 3 is 2.61 bits per heavy atom. The number of carboxylic acid groups (broad SMARTS) is 1. The van der Waals surface area contributed by atoms with Gasteiger partial charge >= 0.3 is 5.97 Å². The summed E-state index contributed by atoms with van der Waals surface area (Å²) in [6.45, 7) is 1.83. The van der Waals surface area contributed by atoms with Gasteiger partial charge in [0.25, 0.3) is 11.5 Å². The molecule has 1 heterocycles. The van der Waals surface area contributed by atoms with Crippen molar-refractivity contribution < 1.29 is 14.7 Å². The van der Waals surface area contributed by atoms with E-state index in [1.165, 1.54) is 34.7 Å². The molecule has 0 fully saturated rings. The van der Waals surface area contributed by atoms with Gasteiger partial charge in [0.05, 0.1) is 0 Å². The molecular weight excluding hydrogens is 236 g/mol. The SMILES string of the molecule is CCCN(CC(=O)O)C(=O)c1cccc(=O)n1C. The number of aliphatic carboxylic acids is 1. The van der Waals surface area contributed by atoms with E-state index in [2.05, 4.69) is 0 Å². The largest absolute Gasteiger partial charge is 0.480 e. The minimum Gasteiger partial charge on any atom is -0.480 e. The Labute approximate surface area is 104 Å². The van der Waals surface area contributed by atoms with Gasteiger partial charge in [-0.05, 0) is 12.5 Å². The van der Waals surface area contributed by atoms with Gasteiger partial charge in [-0.3, -0.25) is 14.4 Å². The molecule has 0 aromatic carbocycles. The first-order valence-electron chi connectivity index (χ1n) is 5.64. The molecule has 0 saturated carbocycles. The molecule has 0 saturated heterocycles. The summed E-state index contributed by atoms with van der Waals surface area (Å²) in [7, 11) is 1.49. The number of aromatic nitrogens is 1. The number of hydrogen-bond donors (Lipinski definition) is 1. The molecule has 1 aromatic rings. The van der Waals surface area contributed by atoms with E-state index < -0.39 is 11.9 Å². The number of nitrogens with zero attached hydrogens (tertiary/aromatic N) is 2. The number of carbonyl (C=O) groups is 2. The predicted molar refractivity (Wildman–Crippen MR) is 65.5 cm³/mol. The fourth-order valence-corrected chi connectivity index (χ4v) is 1.63. The summed E-state index contributed by atoms with van der Waals surface area (Å²) in [6.07, 6.45) is 0.653. The molecule has 0 aliphatic heterocycles. The maximum absolute atomic E-state index is 12.1.